The summed E-state index contributed by atoms with van der Waals surface area (Å²) in [5, 5.41) is 2.64. The topological polar surface area (TPSA) is 821 Å². The number of nitrogens with one attached hydrogen (secondary N) is 2. The summed E-state index contributed by atoms with van der Waals surface area (Å²) in [4.78, 5) is 26.9. The van der Waals surface area contributed by atoms with Crippen LogP contribution >= 0.6 is 0 Å². The average molecular weight is 1450 g/mol. The number of hydrogen-bond donors (Lipinski definition) is 14. The van der Waals surface area contributed by atoms with E-state index in [0.717, 1.165) is 0 Å². The third-order valence-electron chi connectivity index (χ3n) is 7.19. The van der Waals surface area contributed by atoms with E-state index < -0.39 is 230 Å². The van der Waals surface area contributed by atoms with Gasteiger partial charge in [-0.2, -0.15) is 101 Å². The minimum atomic E-state index is -6.68. The predicted molar refractivity (Wildman–Crippen MR) is 230 cm³/mol. The first-order valence-corrected chi connectivity index (χ1v) is 34.2. The minimum Gasteiger partial charge on any atom is -0.354 e. The molecule has 0 bridgehead atoms. The van der Waals surface area contributed by atoms with E-state index in [2.05, 4.69) is 50.2 Å². The van der Waals surface area contributed by atoms with Crippen LogP contribution in [0.1, 0.15) is 6.42 Å². The highest BCUT2D eigenvalue weighted by Crippen LogP contribution is 2.29. The Morgan fingerprint density at radius 2 is 0.469 bits per heavy atom. The molecule has 10 atom stereocenters. The minimum absolute atomic E-state index is 1.27. The molecule has 0 aromatic heterocycles. The number of hydrogen-bond acceptors (Lipinski definition) is 38. The van der Waals surface area contributed by atoms with E-state index in [-0.39, 0.29) is 0 Å². The van der Waals surface area contributed by atoms with Gasteiger partial charge in [0, 0.05) is 13.1 Å². The largest absolute Gasteiger partial charge is 0.398 e. The lowest BCUT2D eigenvalue weighted by Gasteiger charge is -2.35. The van der Waals surface area contributed by atoms with Gasteiger partial charge in [0.2, 0.25) is 0 Å². The highest BCUT2D eigenvalue weighted by Gasteiger charge is 2.54. The fourth-order valence-corrected chi connectivity index (χ4v) is 10.6. The van der Waals surface area contributed by atoms with Gasteiger partial charge in [0.1, 0.15) is 48.8 Å². The van der Waals surface area contributed by atoms with Gasteiger partial charge in [0.15, 0.2) is 12.2 Å². The van der Waals surface area contributed by atoms with E-state index in [0.29, 0.717) is 0 Å². The first kappa shape index (κ1) is 78.4. The van der Waals surface area contributed by atoms with Crippen LogP contribution in [0.15, 0.2) is 0 Å². The van der Waals surface area contributed by atoms with Gasteiger partial charge >= 0.3 is 125 Å². The molecule has 0 aliphatic carbocycles. The summed E-state index contributed by atoms with van der Waals surface area (Å²) < 4.78 is 439. The SMILES string of the molecule is O=C(NCCCNC(=O)[C@H](OS(=O)(=O)O)[C@H](OS(=O)(=O)O)[C@@H](OS(=O)(=O)O)[C@H](OS(=O)(=O)O)[C@@H](COS(=O)(=O)O)OS(=O)(=O)O)[C@H](OS(=O)(=O)O)[C@H](OS(=O)(=O)O)[C@@H](OS(=O)(=O)O)[C@H](OS(=O)(=O)O)[C@@H](COS(=O)(=O)O)OS(=O)(=O)O. The zero-order valence-electron chi connectivity index (χ0n) is 37.1. The normalized spacial score (nSPS) is 18.0. The van der Waals surface area contributed by atoms with Crippen molar-refractivity contribution < 1.29 is 215 Å². The molecule has 0 saturated carbocycles. The van der Waals surface area contributed by atoms with Crippen molar-refractivity contribution in [2.24, 2.45) is 0 Å². The van der Waals surface area contributed by atoms with Gasteiger partial charge in [0.05, 0.1) is 13.2 Å². The number of carbonyl (C=O) groups excluding carboxylic acids is 2. The second-order valence-electron chi connectivity index (χ2n) is 13.3. The van der Waals surface area contributed by atoms with Crippen molar-refractivity contribution >= 4 is 137 Å². The molecule has 0 aliphatic heterocycles. The molecule has 484 valence electrons. The Kier molecular flexibility index (Phi) is 28.2. The summed E-state index contributed by atoms with van der Waals surface area (Å²) in [6.45, 7) is -7.92. The van der Waals surface area contributed by atoms with Crippen molar-refractivity contribution in [2.45, 2.75) is 67.5 Å². The first-order valence-electron chi connectivity index (χ1n) is 17.8. The van der Waals surface area contributed by atoms with E-state index in [9.17, 15) is 156 Å². The molecule has 0 aromatic rings. The Morgan fingerprint density at radius 3 is 0.667 bits per heavy atom. The Morgan fingerprint density at radius 1 is 0.272 bits per heavy atom. The summed E-state index contributed by atoms with van der Waals surface area (Å²) >= 11 is 0. The Balaban J connectivity index is 8.04. The van der Waals surface area contributed by atoms with Gasteiger partial charge in [-0.15, -0.1) is 0 Å². The lowest BCUT2D eigenvalue weighted by atomic mass is 9.99. The zero-order chi connectivity index (χ0) is 64.4. The molecule has 0 fully saturated rings. The summed E-state index contributed by atoms with van der Waals surface area (Å²) in [6, 6.07) is 0. The monoisotopic (exact) mass is 1450 g/mol. The molecule has 81 heavy (non-hydrogen) atoms. The molecule has 0 aromatic carbocycles. The maximum absolute atomic E-state index is 13.4. The summed E-state index contributed by atoms with van der Waals surface area (Å²) in [5.41, 5.74) is 0. The summed E-state index contributed by atoms with van der Waals surface area (Å²) in [6.07, 6.45) is -41.6. The zero-order valence-corrected chi connectivity index (χ0v) is 46.9. The second-order valence-corrected chi connectivity index (χ2v) is 26.0. The Hall–Kier alpha value is -2.62. The summed E-state index contributed by atoms with van der Waals surface area (Å²) in [7, 11) is -77.9. The third kappa shape index (κ3) is 38.1. The molecule has 52 nitrogen and oxygen atoms in total. The molecule has 0 saturated heterocycles. The Bertz CT molecular complexity index is 3370. The van der Waals surface area contributed by atoms with Gasteiger partial charge in [-0.1, -0.05) is 0 Å². The highest BCUT2D eigenvalue weighted by atomic mass is 32.3. The average Bonchev–Trinajstić information content (AvgIpc) is 3.15. The maximum Gasteiger partial charge on any atom is 0.398 e. The number of amides is 2. The molecule has 0 rings (SSSR count). The third-order valence-corrected chi connectivity index (χ3v) is 12.7. The molecule has 2 amide bonds. The van der Waals surface area contributed by atoms with E-state index in [4.69, 9.17) is 9.11 Å². The number of rotatable bonds is 40. The predicted octanol–water partition coefficient (Wildman–Crippen LogP) is -10.9. The van der Waals surface area contributed by atoms with Gasteiger partial charge in [-0.05, 0) is 6.42 Å². The van der Waals surface area contributed by atoms with Crippen molar-refractivity contribution in [1.82, 2.24) is 10.6 Å². The second kappa shape index (κ2) is 29.2. The smallest absolute Gasteiger partial charge is 0.354 e. The molecule has 0 spiro atoms. The van der Waals surface area contributed by atoms with Crippen LogP contribution in [-0.2, 0) is 185 Å². The highest BCUT2D eigenvalue weighted by molar-refractivity contribution is 7.83. The van der Waals surface area contributed by atoms with Gasteiger partial charge in [-0.25, -0.2) is 50.2 Å². The van der Waals surface area contributed by atoms with E-state index in [1.807, 2.05) is 0 Å². The van der Waals surface area contributed by atoms with Crippen LogP contribution < -0.4 is 10.6 Å². The van der Waals surface area contributed by atoms with Gasteiger partial charge in [-0.3, -0.25) is 64.2 Å². The Labute approximate surface area is 453 Å². The van der Waals surface area contributed by atoms with E-state index >= 15 is 0 Å². The fourth-order valence-electron chi connectivity index (χ4n) is 5.09. The molecule has 0 radical (unpaired) electrons. The molecule has 0 aliphatic rings. The van der Waals surface area contributed by atoms with Crippen LogP contribution in [0.5, 0.6) is 0 Å². The van der Waals surface area contributed by atoms with Crippen molar-refractivity contribution in [3.05, 3.63) is 0 Å². The van der Waals surface area contributed by atoms with Gasteiger partial charge in [0.25, 0.3) is 11.8 Å². The molecule has 0 heterocycles. The first-order chi connectivity index (χ1) is 35.4. The standard InChI is InChI=1S/C17H34N2O50S12/c20-16(14(68-80(52,53)54)12(66-78(46,47)48)10(64-76(40,41)42)8(62-74(34,35)36)6(60-72(28,29)30)4-58-70(22,23)24)18-2-1-3-19-17(21)15(69-81(55,56)57)13(67-79(49,50)51)11(65-77(43,44)45)9(63-75(37,38)39)7(61-73(31,32)33)5-59-71(25,26)27/h6-15H,1-5H2,(H,18,20)(H,19,21)(H,22,23,24)(H,25,26,27)(H,28,29,30)(H,31,32,33)(H,34,35,36)(H,37,38,39)(H,40,41,42)(H,43,44,45)(H,46,47,48)(H,49,50,51)(H,52,53,54)(H,55,56,57)/t6-,7-,8-,9-,10+,11+,12-,13-,14-,15-/m1/s1. The number of carbonyl (C=O) groups is 2. The van der Waals surface area contributed by atoms with Crippen molar-refractivity contribution in [2.75, 3.05) is 26.3 Å². The van der Waals surface area contributed by atoms with Crippen molar-refractivity contribution in [1.29, 1.82) is 0 Å². The van der Waals surface area contributed by atoms with Gasteiger partial charge < -0.3 is 10.6 Å². The van der Waals surface area contributed by atoms with Crippen molar-refractivity contribution in [3.8, 4) is 0 Å². The quantitative estimate of drug-likeness (QED) is 0.0200. The summed E-state index contributed by atoms with van der Waals surface area (Å²) in [5.74, 6) is -5.21. The molecule has 0 unspecified atom stereocenters. The molecule has 64 heteroatoms. The van der Waals surface area contributed by atoms with Crippen LogP contribution in [0.2, 0.25) is 0 Å². The molecule has 14 N–H and O–H groups in total. The fraction of sp³-hybridized carbons (Fsp3) is 0.882. The van der Waals surface area contributed by atoms with Crippen LogP contribution in [0.25, 0.3) is 0 Å². The van der Waals surface area contributed by atoms with Crippen LogP contribution in [0.3, 0.4) is 0 Å². The van der Waals surface area contributed by atoms with E-state index in [1.165, 1.54) is 10.6 Å². The maximum atomic E-state index is 13.4. The van der Waals surface area contributed by atoms with E-state index in [1.54, 1.807) is 0 Å². The van der Waals surface area contributed by atoms with Crippen molar-refractivity contribution in [3.63, 3.8) is 0 Å². The molecular formula is C17H34N2O50S12. The van der Waals surface area contributed by atoms with Crippen LogP contribution in [0, 0.1) is 0 Å². The lowest BCUT2D eigenvalue weighted by Crippen LogP contribution is -2.60. The van der Waals surface area contributed by atoms with Crippen LogP contribution in [-0.4, -0.2) is 255 Å². The van der Waals surface area contributed by atoms with Crippen LogP contribution in [0.4, 0.5) is 0 Å². The molecular weight excluding hydrogens is 1420 g/mol. The lowest BCUT2D eigenvalue weighted by molar-refractivity contribution is -0.142.